The largest absolute Gasteiger partial charge is 0.351 e. The van der Waals surface area contributed by atoms with Crippen LogP contribution in [0.5, 0.6) is 0 Å². The van der Waals surface area contributed by atoms with Gasteiger partial charge in [-0.2, -0.15) is 11.8 Å². The molecule has 4 nitrogen and oxygen atoms in total. The van der Waals surface area contributed by atoms with E-state index in [9.17, 15) is 9.59 Å². The monoisotopic (exact) mass is 510 g/mol. The number of benzene rings is 3. The lowest BCUT2D eigenvalue weighted by molar-refractivity contribution is -0.128. The van der Waals surface area contributed by atoms with Gasteiger partial charge in [0.05, 0.1) is 5.75 Å². The van der Waals surface area contributed by atoms with Gasteiger partial charge in [0.2, 0.25) is 5.91 Å². The Labute approximate surface area is 214 Å². The van der Waals surface area contributed by atoms with Gasteiger partial charge in [-0.3, -0.25) is 9.59 Å². The molecule has 176 valence electrons. The lowest BCUT2D eigenvalue weighted by atomic mass is 10.1. The molecule has 1 aliphatic heterocycles. The Kier molecular flexibility index (Phi) is 8.97. The van der Waals surface area contributed by atoms with Crippen LogP contribution >= 0.6 is 35.1 Å². The van der Waals surface area contributed by atoms with E-state index in [1.165, 1.54) is 11.1 Å². The number of carbonyl (C=O) groups excluding carboxylic acids is 2. The normalized spacial score (nSPS) is 15.5. The van der Waals surface area contributed by atoms with Gasteiger partial charge >= 0.3 is 0 Å². The summed E-state index contributed by atoms with van der Waals surface area (Å²) in [5.74, 6) is 2.28. The zero-order chi connectivity index (χ0) is 23.8. The standard InChI is InChI=1S/C27H27ClN2O2S2/c28-24-8-4-7-21(17-24)18-33-16-14-29-26(32)22-9-11-23(12-10-22)27-30(25(31)19-34-27)15-13-20-5-2-1-3-6-20/h1-12,17,27H,13-16,18-19H2,(H,29,32)/t27-/m1/s1. The van der Waals surface area contributed by atoms with Crippen molar-refractivity contribution in [2.75, 3.05) is 24.6 Å². The molecule has 0 aromatic heterocycles. The Hall–Kier alpha value is -2.41. The van der Waals surface area contributed by atoms with Gasteiger partial charge in [-0.15, -0.1) is 11.8 Å². The molecule has 1 heterocycles. The van der Waals surface area contributed by atoms with Crippen LogP contribution in [0.25, 0.3) is 0 Å². The molecular formula is C27H27ClN2O2S2. The van der Waals surface area contributed by atoms with Crippen LogP contribution in [0.2, 0.25) is 5.02 Å². The van der Waals surface area contributed by atoms with Gasteiger partial charge in [0.25, 0.3) is 5.91 Å². The van der Waals surface area contributed by atoms with Gasteiger partial charge < -0.3 is 10.2 Å². The number of hydrogen-bond acceptors (Lipinski definition) is 4. The molecule has 34 heavy (non-hydrogen) atoms. The van der Waals surface area contributed by atoms with Crippen molar-refractivity contribution in [3.63, 3.8) is 0 Å². The summed E-state index contributed by atoms with van der Waals surface area (Å²) >= 11 is 9.42. The van der Waals surface area contributed by atoms with Crippen molar-refractivity contribution in [3.05, 3.63) is 106 Å². The van der Waals surface area contributed by atoms with Gasteiger partial charge in [-0.05, 0) is 47.4 Å². The molecule has 0 unspecified atom stereocenters. The lowest BCUT2D eigenvalue weighted by Crippen LogP contribution is -2.30. The van der Waals surface area contributed by atoms with Crippen molar-refractivity contribution in [3.8, 4) is 0 Å². The van der Waals surface area contributed by atoms with E-state index >= 15 is 0 Å². The highest BCUT2D eigenvalue weighted by Crippen LogP contribution is 2.38. The molecule has 0 aliphatic carbocycles. The summed E-state index contributed by atoms with van der Waals surface area (Å²) in [6.45, 7) is 1.29. The minimum Gasteiger partial charge on any atom is -0.351 e. The molecular weight excluding hydrogens is 484 g/mol. The van der Waals surface area contributed by atoms with Crippen molar-refractivity contribution in [1.29, 1.82) is 0 Å². The quantitative estimate of drug-likeness (QED) is 0.349. The first-order chi connectivity index (χ1) is 16.6. The summed E-state index contributed by atoms with van der Waals surface area (Å²) in [7, 11) is 0. The fraction of sp³-hybridized carbons (Fsp3) is 0.259. The first-order valence-corrected chi connectivity index (χ1v) is 13.8. The molecule has 1 atom stereocenters. The van der Waals surface area contributed by atoms with Crippen molar-refractivity contribution < 1.29 is 9.59 Å². The Morgan fingerprint density at radius 1 is 1.03 bits per heavy atom. The van der Waals surface area contributed by atoms with Crippen molar-refractivity contribution in [2.24, 2.45) is 0 Å². The van der Waals surface area contributed by atoms with Crippen LogP contribution in [0, 0.1) is 0 Å². The zero-order valence-electron chi connectivity index (χ0n) is 18.8. The Balaban J connectivity index is 1.25. The van der Waals surface area contributed by atoms with Gasteiger partial charge in [0, 0.05) is 35.2 Å². The molecule has 0 radical (unpaired) electrons. The number of carbonyl (C=O) groups is 2. The van der Waals surface area contributed by atoms with Gasteiger partial charge in [0.1, 0.15) is 5.37 Å². The molecule has 2 amide bonds. The van der Waals surface area contributed by atoms with Gasteiger partial charge in [-0.25, -0.2) is 0 Å². The second kappa shape index (κ2) is 12.3. The average Bonchev–Trinajstić information content (AvgIpc) is 3.23. The number of halogens is 1. The maximum atomic E-state index is 12.5. The highest BCUT2D eigenvalue weighted by atomic mass is 35.5. The van der Waals surface area contributed by atoms with E-state index in [4.69, 9.17) is 11.6 Å². The molecule has 3 aromatic rings. The zero-order valence-corrected chi connectivity index (χ0v) is 21.2. The fourth-order valence-electron chi connectivity index (χ4n) is 3.82. The summed E-state index contributed by atoms with van der Waals surface area (Å²) < 4.78 is 0. The van der Waals surface area contributed by atoms with Crippen molar-refractivity contribution in [1.82, 2.24) is 10.2 Å². The van der Waals surface area contributed by atoms with E-state index in [-0.39, 0.29) is 17.2 Å². The van der Waals surface area contributed by atoms with Crippen molar-refractivity contribution >= 4 is 46.9 Å². The van der Waals surface area contributed by atoms with Gasteiger partial charge in [0.15, 0.2) is 0 Å². The smallest absolute Gasteiger partial charge is 0.251 e. The predicted octanol–water partition coefficient (Wildman–Crippen LogP) is 5.82. The first kappa shape index (κ1) is 24.7. The fourth-order valence-corrected chi connectivity index (χ4v) is 6.06. The third-order valence-electron chi connectivity index (χ3n) is 5.60. The Morgan fingerprint density at radius 3 is 2.56 bits per heavy atom. The maximum Gasteiger partial charge on any atom is 0.251 e. The van der Waals surface area contributed by atoms with Crippen LogP contribution in [-0.2, 0) is 17.0 Å². The van der Waals surface area contributed by atoms with Crippen molar-refractivity contribution in [2.45, 2.75) is 17.5 Å². The SMILES string of the molecule is O=C(NCCSCc1cccc(Cl)c1)c1ccc([C@H]2SCC(=O)N2CCc2ccccc2)cc1. The van der Waals surface area contributed by atoms with E-state index in [1.807, 2.05) is 65.6 Å². The highest BCUT2D eigenvalue weighted by Gasteiger charge is 2.32. The highest BCUT2D eigenvalue weighted by molar-refractivity contribution is 8.00. The number of rotatable bonds is 10. The van der Waals surface area contributed by atoms with Crippen LogP contribution in [0.1, 0.15) is 32.4 Å². The molecule has 1 saturated heterocycles. The second-order valence-corrected chi connectivity index (χ2v) is 10.7. The van der Waals surface area contributed by atoms with Gasteiger partial charge in [-0.1, -0.05) is 66.2 Å². The third kappa shape index (κ3) is 6.81. The lowest BCUT2D eigenvalue weighted by Gasteiger charge is -2.24. The summed E-state index contributed by atoms with van der Waals surface area (Å²) in [5, 5.41) is 3.73. The molecule has 3 aromatic carbocycles. The number of nitrogens with one attached hydrogen (secondary N) is 1. The molecule has 4 rings (SSSR count). The molecule has 0 spiro atoms. The summed E-state index contributed by atoms with van der Waals surface area (Å²) in [6.07, 6.45) is 0.833. The number of amides is 2. The Bertz CT molecular complexity index is 1110. The molecule has 1 aliphatic rings. The summed E-state index contributed by atoms with van der Waals surface area (Å²) in [6, 6.07) is 25.7. The number of thioether (sulfide) groups is 2. The van der Waals surface area contributed by atoms with E-state index in [1.54, 1.807) is 23.5 Å². The second-order valence-electron chi connectivity index (χ2n) is 8.05. The van der Waals surface area contributed by atoms with Crippen LogP contribution < -0.4 is 5.32 Å². The molecule has 0 saturated carbocycles. The number of hydrogen-bond donors (Lipinski definition) is 1. The predicted molar refractivity (Wildman–Crippen MR) is 143 cm³/mol. The van der Waals surface area contributed by atoms with E-state index in [0.717, 1.165) is 28.5 Å². The van der Waals surface area contributed by atoms with Crippen LogP contribution in [-0.4, -0.2) is 41.3 Å². The number of nitrogens with zero attached hydrogens (tertiary/aromatic N) is 1. The van der Waals surface area contributed by atoms with Crippen LogP contribution in [0.3, 0.4) is 0 Å². The molecule has 1 fully saturated rings. The molecule has 7 heteroatoms. The minimum atomic E-state index is -0.0778. The van der Waals surface area contributed by atoms with Crippen LogP contribution in [0.15, 0.2) is 78.9 Å². The molecule has 1 N–H and O–H groups in total. The van der Waals surface area contributed by atoms with E-state index < -0.39 is 0 Å². The molecule has 0 bridgehead atoms. The minimum absolute atomic E-state index is 0.00351. The third-order valence-corrected chi connectivity index (χ3v) is 8.12. The average molecular weight is 511 g/mol. The summed E-state index contributed by atoms with van der Waals surface area (Å²) in [4.78, 5) is 26.9. The van der Waals surface area contributed by atoms with E-state index in [0.29, 0.717) is 24.4 Å². The first-order valence-electron chi connectivity index (χ1n) is 11.3. The Morgan fingerprint density at radius 2 is 1.79 bits per heavy atom. The maximum absolute atomic E-state index is 12.5. The van der Waals surface area contributed by atoms with E-state index in [2.05, 4.69) is 23.5 Å². The van der Waals surface area contributed by atoms with Crippen LogP contribution in [0.4, 0.5) is 0 Å². The topological polar surface area (TPSA) is 49.4 Å². The summed E-state index contributed by atoms with van der Waals surface area (Å²) in [5.41, 5.74) is 4.09.